The van der Waals surface area contributed by atoms with E-state index in [0.717, 1.165) is 6.42 Å². The molecule has 0 spiro atoms. The van der Waals surface area contributed by atoms with Gasteiger partial charge < -0.3 is 4.90 Å². The molecule has 0 aliphatic heterocycles. The summed E-state index contributed by atoms with van der Waals surface area (Å²) in [5.74, 6) is 5.66. The number of anilines is 1. The highest BCUT2D eigenvalue weighted by Gasteiger charge is 2.09. The highest BCUT2D eigenvalue weighted by molar-refractivity contribution is 5.46. The van der Waals surface area contributed by atoms with Crippen LogP contribution in [0.5, 0.6) is 0 Å². The Bertz CT molecular complexity index is 319. The average molecular weight is 249 g/mol. The van der Waals surface area contributed by atoms with E-state index in [0.29, 0.717) is 0 Å². The third kappa shape index (κ3) is 4.67. The monoisotopic (exact) mass is 249 g/mol. The molecule has 0 saturated carbocycles. The summed E-state index contributed by atoms with van der Waals surface area (Å²) in [6, 6.07) is 8.90. The van der Waals surface area contributed by atoms with Crippen molar-refractivity contribution < 1.29 is 0 Å². The van der Waals surface area contributed by atoms with Crippen molar-refractivity contribution >= 4 is 5.69 Å². The Morgan fingerprint density at radius 3 is 2.28 bits per heavy atom. The van der Waals surface area contributed by atoms with Gasteiger partial charge in [-0.3, -0.25) is 11.3 Å². The van der Waals surface area contributed by atoms with E-state index < -0.39 is 0 Å². The van der Waals surface area contributed by atoms with E-state index in [1.54, 1.807) is 0 Å². The molecule has 1 aromatic carbocycles. The fourth-order valence-corrected chi connectivity index (χ4v) is 2.13. The summed E-state index contributed by atoms with van der Waals surface area (Å²) in [4.78, 5) is 2.11. The zero-order valence-corrected chi connectivity index (χ0v) is 11.9. The number of hydrogen-bond acceptors (Lipinski definition) is 3. The molecule has 0 aliphatic rings. The van der Waals surface area contributed by atoms with E-state index in [9.17, 15) is 0 Å². The second kappa shape index (κ2) is 8.11. The predicted octanol–water partition coefficient (Wildman–Crippen LogP) is 3.23. The molecule has 3 heteroatoms. The minimum Gasteiger partial charge on any atom is -0.378 e. The molecule has 1 aromatic rings. The van der Waals surface area contributed by atoms with Crippen LogP contribution in [0.3, 0.4) is 0 Å². The Morgan fingerprint density at radius 1 is 1.11 bits per heavy atom. The van der Waals surface area contributed by atoms with Crippen molar-refractivity contribution in [1.82, 2.24) is 5.43 Å². The van der Waals surface area contributed by atoms with E-state index in [2.05, 4.69) is 55.6 Å². The van der Waals surface area contributed by atoms with Gasteiger partial charge in [-0.25, -0.2) is 0 Å². The lowest BCUT2D eigenvalue weighted by Crippen LogP contribution is -2.28. The summed E-state index contributed by atoms with van der Waals surface area (Å²) in [6.45, 7) is 2.23. The quantitative estimate of drug-likeness (QED) is 0.422. The van der Waals surface area contributed by atoms with Crippen LogP contribution in [0.1, 0.15) is 50.6 Å². The van der Waals surface area contributed by atoms with E-state index in [-0.39, 0.29) is 6.04 Å². The predicted molar refractivity (Wildman–Crippen MR) is 79.6 cm³/mol. The lowest BCUT2D eigenvalue weighted by molar-refractivity contribution is 0.482. The normalized spacial score (nSPS) is 12.4. The number of nitrogens with zero attached hydrogens (tertiary/aromatic N) is 1. The Labute approximate surface area is 111 Å². The van der Waals surface area contributed by atoms with E-state index in [1.165, 1.54) is 36.9 Å². The zero-order valence-electron chi connectivity index (χ0n) is 11.9. The summed E-state index contributed by atoms with van der Waals surface area (Å²) >= 11 is 0. The minimum atomic E-state index is 0.276. The number of nitrogens with two attached hydrogens (primary N) is 1. The van der Waals surface area contributed by atoms with Crippen molar-refractivity contribution in [2.45, 2.75) is 45.1 Å². The number of hydrogen-bond donors (Lipinski definition) is 2. The highest BCUT2D eigenvalue weighted by atomic mass is 15.2. The standard InChI is InChI=1S/C15H27N3/c1-4-5-6-7-8-15(17-16)13-9-11-14(12-10-13)18(2)3/h9-12,15,17H,4-8,16H2,1-3H3. The van der Waals surface area contributed by atoms with Crippen molar-refractivity contribution in [3.8, 4) is 0 Å². The second-order valence-electron chi connectivity index (χ2n) is 5.05. The first-order chi connectivity index (χ1) is 8.69. The molecular formula is C15H27N3. The van der Waals surface area contributed by atoms with Gasteiger partial charge in [0.15, 0.2) is 0 Å². The molecule has 0 radical (unpaired) electrons. The average Bonchev–Trinajstić information content (AvgIpc) is 2.39. The van der Waals surface area contributed by atoms with Crippen LogP contribution in [0.4, 0.5) is 5.69 Å². The maximum Gasteiger partial charge on any atom is 0.0460 e. The summed E-state index contributed by atoms with van der Waals surface area (Å²) in [5.41, 5.74) is 5.43. The molecule has 0 bridgehead atoms. The van der Waals surface area contributed by atoms with Crippen LogP contribution in [0.15, 0.2) is 24.3 Å². The molecule has 1 atom stereocenters. The fourth-order valence-electron chi connectivity index (χ4n) is 2.13. The molecule has 0 aromatic heterocycles. The number of benzene rings is 1. The molecule has 1 rings (SSSR count). The molecule has 0 saturated heterocycles. The highest BCUT2D eigenvalue weighted by Crippen LogP contribution is 2.22. The molecular weight excluding hydrogens is 222 g/mol. The molecule has 0 aliphatic carbocycles. The number of rotatable bonds is 8. The van der Waals surface area contributed by atoms with Crippen LogP contribution in [-0.2, 0) is 0 Å². The van der Waals surface area contributed by atoms with Gasteiger partial charge >= 0.3 is 0 Å². The smallest absolute Gasteiger partial charge is 0.0460 e. The molecule has 0 fully saturated rings. The van der Waals surface area contributed by atoms with Gasteiger partial charge in [-0.1, -0.05) is 44.7 Å². The maximum absolute atomic E-state index is 5.66. The molecule has 0 heterocycles. The lowest BCUT2D eigenvalue weighted by atomic mass is 10.0. The van der Waals surface area contributed by atoms with E-state index in [4.69, 9.17) is 5.84 Å². The van der Waals surface area contributed by atoms with Gasteiger partial charge in [0.05, 0.1) is 0 Å². The summed E-state index contributed by atoms with van der Waals surface area (Å²) in [5, 5.41) is 0. The topological polar surface area (TPSA) is 41.3 Å². The lowest BCUT2D eigenvalue weighted by Gasteiger charge is -2.18. The van der Waals surface area contributed by atoms with Crippen molar-refractivity contribution in [2.75, 3.05) is 19.0 Å². The van der Waals surface area contributed by atoms with Crippen molar-refractivity contribution in [3.05, 3.63) is 29.8 Å². The first-order valence-electron chi connectivity index (χ1n) is 6.92. The van der Waals surface area contributed by atoms with Crippen LogP contribution >= 0.6 is 0 Å². The van der Waals surface area contributed by atoms with Gasteiger partial charge in [0.2, 0.25) is 0 Å². The Morgan fingerprint density at radius 2 is 1.78 bits per heavy atom. The van der Waals surface area contributed by atoms with Crippen molar-refractivity contribution in [3.63, 3.8) is 0 Å². The van der Waals surface area contributed by atoms with Gasteiger partial charge in [0.25, 0.3) is 0 Å². The third-order valence-electron chi connectivity index (χ3n) is 3.36. The molecule has 102 valence electrons. The minimum absolute atomic E-state index is 0.276. The summed E-state index contributed by atoms with van der Waals surface area (Å²) < 4.78 is 0. The van der Waals surface area contributed by atoms with Crippen LogP contribution < -0.4 is 16.2 Å². The van der Waals surface area contributed by atoms with Gasteiger partial charge in [0.1, 0.15) is 0 Å². The largest absolute Gasteiger partial charge is 0.378 e. The van der Waals surface area contributed by atoms with Gasteiger partial charge in [-0.05, 0) is 24.1 Å². The molecule has 1 unspecified atom stereocenters. The summed E-state index contributed by atoms with van der Waals surface area (Å²) in [7, 11) is 4.11. The molecule has 18 heavy (non-hydrogen) atoms. The van der Waals surface area contributed by atoms with Gasteiger partial charge in [0, 0.05) is 25.8 Å². The SMILES string of the molecule is CCCCCCC(NN)c1ccc(N(C)C)cc1. The Balaban J connectivity index is 2.53. The van der Waals surface area contributed by atoms with E-state index in [1.807, 2.05) is 0 Å². The second-order valence-corrected chi connectivity index (χ2v) is 5.05. The molecule has 3 nitrogen and oxygen atoms in total. The zero-order chi connectivity index (χ0) is 13.4. The van der Waals surface area contributed by atoms with Gasteiger partial charge in [-0.15, -0.1) is 0 Å². The van der Waals surface area contributed by atoms with Crippen LogP contribution in [0.2, 0.25) is 0 Å². The van der Waals surface area contributed by atoms with Crippen molar-refractivity contribution in [2.24, 2.45) is 5.84 Å². The van der Waals surface area contributed by atoms with E-state index >= 15 is 0 Å². The Hall–Kier alpha value is -1.06. The molecule has 3 N–H and O–H groups in total. The number of hydrazine groups is 1. The van der Waals surface area contributed by atoms with Gasteiger partial charge in [-0.2, -0.15) is 0 Å². The third-order valence-corrected chi connectivity index (χ3v) is 3.36. The Kier molecular flexibility index (Phi) is 6.76. The maximum atomic E-state index is 5.66. The number of nitrogens with one attached hydrogen (secondary N) is 1. The summed E-state index contributed by atoms with van der Waals surface area (Å²) in [6.07, 6.45) is 6.23. The van der Waals surface area contributed by atoms with Crippen LogP contribution in [-0.4, -0.2) is 14.1 Å². The first-order valence-corrected chi connectivity index (χ1v) is 6.92. The fraction of sp³-hybridized carbons (Fsp3) is 0.600. The van der Waals surface area contributed by atoms with Crippen molar-refractivity contribution in [1.29, 1.82) is 0 Å². The number of unbranched alkanes of at least 4 members (excludes halogenated alkanes) is 3. The van der Waals surface area contributed by atoms with Crippen LogP contribution in [0, 0.1) is 0 Å². The first kappa shape index (κ1) is 15.0. The van der Waals surface area contributed by atoms with Crippen LogP contribution in [0.25, 0.3) is 0 Å². The molecule has 0 amide bonds.